The van der Waals surface area contributed by atoms with Crippen LogP contribution in [0.15, 0.2) is 97.1 Å². The summed E-state index contributed by atoms with van der Waals surface area (Å²) in [5, 5.41) is 35.3. The Hall–Kier alpha value is -6.90. The molecule has 312 valence electrons. The van der Waals surface area contributed by atoms with Crippen molar-refractivity contribution in [2.24, 2.45) is 0 Å². The summed E-state index contributed by atoms with van der Waals surface area (Å²) < 4.78 is 81.3. The average molecular weight is 829 g/mol. The van der Waals surface area contributed by atoms with Crippen molar-refractivity contribution in [3.05, 3.63) is 119 Å². The van der Waals surface area contributed by atoms with E-state index in [1.807, 2.05) is 50.5 Å². The zero-order valence-electron chi connectivity index (χ0n) is 31.9. The lowest BCUT2D eigenvalue weighted by Gasteiger charge is -2.10. The monoisotopic (exact) mass is 828 g/mol. The van der Waals surface area contributed by atoms with E-state index in [1.54, 1.807) is 38.4 Å². The molecule has 6 aromatic rings. The zero-order chi connectivity index (χ0) is 43.2. The summed E-state index contributed by atoms with van der Waals surface area (Å²) in [6.45, 7) is -0.432. The third-order valence-electron chi connectivity index (χ3n) is 7.58. The highest BCUT2D eigenvalue weighted by atomic mass is 19.4. The molecule has 0 saturated heterocycles. The number of rotatable bonds is 12. The number of hydrogen-bond donors (Lipinski definition) is 2. The second-order valence-corrected chi connectivity index (χ2v) is 12.5. The van der Waals surface area contributed by atoms with E-state index in [2.05, 4.69) is 45.6 Å². The number of ether oxygens (including phenoxy) is 2. The highest BCUT2D eigenvalue weighted by molar-refractivity contribution is 5.75. The molecule has 2 N–H and O–H groups in total. The first kappa shape index (κ1) is 44.8. The van der Waals surface area contributed by atoms with Crippen LogP contribution in [-0.4, -0.2) is 103 Å². The van der Waals surface area contributed by atoms with Crippen LogP contribution in [0.4, 0.5) is 26.3 Å². The van der Waals surface area contributed by atoms with Gasteiger partial charge in [-0.3, -0.25) is 9.59 Å². The molecule has 6 rings (SSSR count). The van der Waals surface area contributed by atoms with E-state index in [1.165, 1.54) is 46.1 Å². The van der Waals surface area contributed by atoms with Gasteiger partial charge in [0, 0.05) is 25.2 Å². The minimum absolute atomic E-state index is 0.0250. The van der Waals surface area contributed by atoms with Gasteiger partial charge in [-0.25, -0.2) is 0 Å². The van der Waals surface area contributed by atoms with Gasteiger partial charge < -0.3 is 24.8 Å². The number of benzene rings is 4. The van der Waals surface area contributed by atoms with Crippen molar-refractivity contribution < 1.29 is 50.5 Å². The summed E-state index contributed by atoms with van der Waals surface area (Å²) in [5.74, 6) is -1.19. The second-order valence-electron chi connectivity index (χ2n) is 12.5. The number of alkyl halides is 6. The van der Waals surface area contributed by atoms with Gasteiger partial charge in [-0.05, 0) is 83.9 Å². The highest BCUT2D eigenvalue weighted by Crippen LogP contribution is 2.27. The number of carboxylic acids is 1. The summed E-state index contributed by atoms with van der Waals surface area (Å²) in [5.41, 5.74) is 4.63. The zero-order valence-corrected chi connectivity index (χ0v) is 31.9. The van der Waals surface area contributed by atoms with E-state index in [4.69, 9.17) is 5.11 Å². The molecule has 15 nitrogen and oxygen atoms in total. The standard InChI is InChI=1S/C19H18F3N5O2.C17H13F3N4O3.C2H7N/c1-26(2)17(28)12-27-24-18(23-25-27)16-6-4-3-5-14(16)11-13-7-9-15(10-8-13)29-19(20,21)22;18-17(19,20)27-13-7-5-11(6-8-13)9-12-3-1-2-4-14(12)16-21-23-24(22-16)10-15(25)26;1-3-2/h3-10H,11-12H2,1-2H3;1-8H,9-10H2,(H,25,26);3H,1-2H3. The fourth-order valence-electron chi connectivity index (χ4n) is 5.06. The molecule has 21 heteroatoms. The molecule has 0 spiro atoms. The van der Waals surface area contributed by atoms with Crippen LogP contribution in [-0.2, 0) is 35.5 Å². The number of aromatic nitrogens is 8. The number of halogens is 6. The van der Waals surface area contributed by atoms with Gasteiger partial charge in [-0.15, -0.1) is 46.7 Å². The molecular weight excluding hydrogens is 790 g/mol. The molecule has 0 aliphatic carbocycles. The molecule has 1 amide bonds. The summed E-state index contributed by atoms with van der Waals surface area (Å²) in [6, 6.07) is 25.8. The molecule has 0 bridgehead atoms. The minimum atomic E-state index is -4.73. The molecule has 0 fully saturated rings. The third kappa shape index (κ3) is 14.8. The topological polar surface area (TPSA) is 175 Å². The van der Waals surface area contributed by atoms with Crippen LogP contribution in [0.1, 0.15) is 22.3 Å². The van der Waals surface area contributed by atoms with E-state index in [9.17, 15) is 35.9 Å². The molecule has 59 heavy (non-hydrogen) atoms. The Morgan fingerprint density at radius 2 is 1.02 bits per heavy atom. The van der Waals surface area contributed by atoms with Crippen LogP contribution >= 0.6 is 0 Å². The number of nitrogens with zero attached hydrogens (tertiary/aromatic N) is 9. The SMILES string of the molecule is CN(C)C(=O)Cn1nnc(-c2ccccc2Cc2ccc(OC(F)(F)F)cc2)n1.CNC.O=C(O)Cn1nnc(-c2ccccc2Cc2ccc(OC(F)(F)F)cc2)n1. The Bertz CT molecular complexity index is 2260. The largest absolute Gasteiger partial charge is 0.573 e. The Kier molecular flexibility index (Phi) is 15.6. The number of carbonyl (C=O) groups is 2. The van der Waals surface area contributed by atoms with Gasteiger partial charge in [0.15, 0.2) is 6.54 Å². The van der Waals surface area contributed by atoms with Crippen LogP contribution in [0.5, 0.6) is 11.5 Å². The Balaban J connectivity index is 0.000000245. The average Bonchev–Trinajstić information content (AvgIpc) is 3.83. The number of likely N-dealkylation sites (N-methyl/N-ethyl adjacent to an activating group) is 1. The van der Waals surface area contributed by atoms with Crippen LogP contribution in [0.3, 0.4) is 0 Å². The number of nitrogens with one attached hydrogen (secondary N) is 1. The van der Waals surface area contributed by atoms with E-state index >= 15 is 0 Å². The summed E-state index contributed by atoms with van der Waals surface area (Å²) in [6.07, 6.45) is -8.59. The lowest BCUT2D eigenvalue weighted by atomic mass is 9.99. The maximum Gasteiger partial charge on any atom is 0.573 e. The van der Waals surface area contributed by atoms with Crippen molar-refractivity contribution in [1.82, 2.24) is 50.6 Å². The first-order valence-electron chi connectivity index (χ1n) is 17.3. The molecule has 0 aliphatic rings. The number of tetrazole rings is 2. The van der Waals surface area contributed by atoms with Gasteiger partial charge in [0.25, 0.3) is 0 Å². The molecule has 0 saturated carbocycles. The van der Waals surface area contributed by atoms with Crippen LogP contribution in [0, 0.1) is 0 Å². The summed E-state index contributed by atoms with van der Waals surface area (Å²) >= 11 is 0. The maximum absolute atomic E-state index is 12.3. The number of carbonyl (C=O) groups excluding carboxylic acids is 1. The van der Waals surface area contributed by atoms with Crippen molar-refractivity contribution >= 4 is 11.9 Å². The second kappa shape index (κ2) is 20.5. The van der Waals surface area contributed by atoms with Crippen molar-refractivity contribution in [3.63, 3.8) is 0 Å². The van der Waals surface area contributed by atoms with Crippen LogP contribution in [0.2, 0.25) is 0 Å². The lowest BCUT2D eigenvalue weighted by molar-refractivity contribution is -0.275. The third-order valence-corrected chi connectivity index (χ3v) is 7.58. The normalized spacial score (nSPS) is 11.1. The van der Waals surface area contributed by atoms with Gasteiger partial charge in [0.2, 0.25) is 17.6 Å². The van der Waals surface area contributed by atoms with Gasteiger partial charge in [-0.2, -0.15) is 9.59 Å². The lowest BCUT2D eigenvalue weighted by Crippen LogP contribution is -2.27. The summed E-state index contributed by atoms with van der Waals surface area (Å²) in [7, 11) is 7.03. The smallest absolute Gasteiger partial charge is 0.480 e. The number of amides is 1. The van der Waals surface area contributed by atoms with Gasteiger partial charge in [-0.1, -0.05) is 72.8 Å². The van der Waals surface area contributed by atoms with Gasteiger partial charge >= 0.3 is 18.7 Å². The predicted octanol–water partition coefficient (Wildman–Crippen LogP) is 5.67. The van der Waals surface area contributed by atoms with Crippen molar-refractivity contribution in [1.29, 1.82) is 0 Å². The molecule has 0 aliphatic heterocycles. The first-order chi connectivity index (χ1) is 27.9. The highest BCUT2D eigenvalue weighted by Gasteiger charge is 2.31. The first-order valence-corrected chi connectivity index (χ1v) is 17.3. The molecular formula is C38H38F6N10O5. The van der Waals surface area contributed by atoms with E-state index in [-0.39, 0.29) is 29.8 Å². The molecule has 0 atom stereocenters. The van der Waals surface area contributed by atoms with Crippen LogP contribution in [0.25, 0.3) is 22.8 Å². The number of aliphatic carboxylic acids is 1. The van der Waals surface area contributed by atoms with Gasteiger partial charge in [0.05, 0.1) is 0 Å². The van der Waals surface area contributed by atoms with Crippen molar-refractivity contribution in [3.8, 4) is 34.3 Å². The van der Waals surface area contributed by atoms with Crippen LogP contribution < -0.4 is 14.8 Å². The fraction of sp³-hybridized carbons (Fsp3) is 0.263. The number of hydrogen-bond acceptors (Lipinski definition) is 11. The van der Waals surface area contributed by atoms with E-state index in [0.29, 0.717) is 24.2 Å². The molecule has 2 aromatic heterocycles. The maximum atomic E-state index is 12.3. The van der Waals surface area contributed by atoms with Crippen molar-refractivity contribution in [2.75, 3.05) is 28.2 Å². The Morgan fingerprint density at radius 3 is 1.37 bits per heavy atom. The van der Waals surface area contributed by atoms with E-state index in [0.717, 1.165) is 32.6 Å². The van der Waals surface area contributed by atoms with E-state index < -0.39 is 25.2 Å². The fourth-order valence-corrected chi connectivity index (χ4v) is 5.06. The summed E-state index contributed by atoms with van der Waals surface area (Å²) in [4.78, 5) is 26.1. The Labute approximate surface area is 333 Å². The minimum Gasteiger partial charge on any atom is -0.480 e. The van der Waals surface area contributed by atoms with Crippen molar-refractivity contribution in [2.45, 2.75) is 38.7 Å². The quantitative estimate of drug-likeness (QED) is 0.145. The Morgan fingerprint density at radius 1 is 0.644 bits per heavy atom. The molecule has 2 heterocycles. The number of carboxylic acid groups (broad SMARTS) is 1. The molecule has 0 radical (unpaired) electrons. The van der Waals surface area contributed by atoms with Gasteiger partial charge in [0.1, 0.15) is 18.0 Å². The molecule has 4 aromatic carbocycles. The predicted molar refractivity (Wildman–Crippen MR) is 200 cm³/mol. The molecule has 0 unspecified atom stereocenters.